The molecule has 2 aromatic rings. The van der Waals surface area contributed by atoms with Crippen LogP contribution in [-0.2, 0) is 11.2 Å². The molecule has 1 unspecified atom stereocenters. The second-order valence-electron chi connectivity index (χ2n) is 5.97. The van der Waals surface area contributed by atoms with E-state index in [1.807, 2.05) is 0 Å². The minimum Gasteiger partial charge on any atom is -0.376 e. The van der Waals surface area contributed by atoms with Crippen molar-refractivity contribution in [2.45, 2.75) is 31.4 Å². The zero-order chi connectivity index (χ0) is 14.1. The molecule has 0 aliphatic carbocycles. The van der Waals surface area contributed by atoms with Crippen LogP contribution in [0, 0.1) is 0 Å². The van der Waals surface area contributed by atoms with Gasteiger partial charge >= 0.3 is 0 Å². The van der Waals surface area contributed by atoms with Crippen molar-refractivity contribution < 1.29 is 4.74 Å². The standard InChI is InChI=1S/C19H21NO/c1-2-8-16(9-3-1)20-13-12-15-7-4-5-10-17(15)19(20)18-11-6-14-21-18/h1-5,7-10,18-19H,6,11-14H2/t18?,19-/m1/s1. The molecule has 2 aromatic carbocycles. The molecule has 0 radical (unpaired) electrons. The number of ether oxygens (including phenoxy) is 1. The molecule has 4 rings (SSSR count). The molecule has 2 heterocycles. The lowest BCUT2D eigenvalue weighted by atomic mass is 9.88. The van der Waals surface area contributed by atoms with Crippen LogP contribution in [-0.4, -0.2) is 19.3 Å². The van der Waals surface area contributed by atoms with E-state index in [0.717, 1.165) is 19.6 Å². The molecule has 0 N–H and O–H groups in total. The van der Waals surface area contributed by atoms with Gasteiger partial charge in [0.05, 0.1) is 12.1 Å². The summed E-state index contributed by atoms with van der Waals surface area (Å²) in [5, 5.41) is 0. The van der Waals surface area contributed by atoms with E-state index in [-0.39, 0.29) is 0 Å². The number of hydrogen-bond acceptors (Lipinski definition) is 2. The van der Waals surface area contributed by atoms with Crippen LogP contribution in [0.25, 0.3) is 0 Å². The van der Waals surface area contributed by atoms with E-state index in [1.165, 1.54) is 29.7 Å². The molecule has 1 fully saturated rings. The summed E-state index contributed by atoms with van der Waals surface area (Å²) >= 11 is 0. The molecule has 2 aliphatic heterocycles. The molecule has 2 heteroatoms. The number of para-hydroxylation sites is 1. The lowest BCUT2D eigenvalue weighted by Gasteiger charge is -2.41. The number of hydrogen-bond donors (Lipinski definition) is 0. The minimum atomic E-state index is 0.326. The van der Waals surface area contributed by atoms with Crippen molar-refractivity contribution in [3.05, 3.63) is 65.7 Å². The van der Waals surface area contributed by atoms with Crippen LogP contribution in [0.1, 0.15) is 30.0 Å². The molecule has 108 valence electrons. The number of rotatable bonds is 2. The number of anilines is 1. The molecular formula is C19H21NO. The Kier molecular flexibility index (Phi) is 3.40. The van der Waals surface area contributed by atoms with Gasteiger partial charge in [0, 0.05) is 18.8 Å². The van der Waals surface area contributed by atoms with E-state index < -0.39 is 0 Å². The highest BCUT2D eigenvalue weighted by Crippen LogP contribution is 2.39. The van der Waals surface area contributed by atoms with Gasteiger partial charge in [-0.2, -0.15) is 0 Å². The van der Waals surface area contributed by atoms with Gasteiger partial charge in [-0.1, -0.05) is 42.5 Å². The molecule has 2 nitrogen and oxygen atoms in total. The molecule has 0 aromatic heterocycles. The minimum absolute atomic E-state index is 0.326. The van der Waals surface area contributed by atoms with Gasteiger partial charge in [-0.25, -0.2) is 0 Å². The molecular weight excluding hydrogens is 258 g/mol. The molecule has 2 atom stereocenters. The Labute approximate surface area is 126 Å². The fraction of sp³-hybridized carbons (Fsp3) is 0.368. The van der Waals surface area contributed by atoms with Crippen molar-refractivity contribution in [3.63, 3.8) is 0 Å². The Balaban J connectivity index is 1.77. The van der Waals surface area contributed by atoms with Gasteiger partial charge < -0.3 is 9.64 Å². The van der Waals surface area contributed by atoms with E-state index >= 15 is 0 Å². The Morgan fingerprint density at radius 3 is 2.57 bits per heavy atom. The van der Waals surface area contributed by atoms with Gasteiger partial charge in [0.2, 0.25) is 0 Å². The van der Waals surface area contributed by atoms with Crippen LogP contribution in [0.2, 0.25) is 0 Å². The van der Waals surface area contributed by atoms with Gasteiger partial charge in [-0.05, 0) is 42.5 Å². The first-order chi connectivity index (χ1) is 10.4. The van der Waals surface area contributed by atoms with Gasteiger partial charge in [0.25, 0.3) is 0 Å². The lowest BCUT2D eigenvalue weighted by Crippen LogP contribution is -2.41. The smallest absolute Gasteiger partial charge is 0.0821 e. The monoisotopic (exact) mass is 279 g/mol. The zero-order valence-electron chi connectivity index (χ0n) is 12.2. The van der Waals surface area contributed by atoms with Crippen LogP contribution in [0.3, 0.4) is 0 Å². The fourth-order valence-corrected chi connectivity index (χ4v) is 3.76. The van der Waals surface area contributed by atoms with Crippen molar-refractivity contribution in [1.29, 1.82) is 0 Å². The highest BCUT2D eigenvalue weighted by Gasteiger charge is 2.35. The summed E-state index contributed by atoms with van der Waals surface area (Å²) in [6.45, 7) is 1.98. The topological polar surface area (TPSA) is 12.5 Å². The van der Waals surface area contributed by atoms with Gasteiger partial charge in [-0.15, -0.1) is 0 Å². The Morgan fingerprint density at radius 1 is 0.952 bits per heavy atom. The maximum Gasteiger partial charge on any atom is 0.0821 e. The Hall–Kier alpha value is -1.80. The van der Waals surface area contributed by atoms with Crippen molar-refractivity contribution in [2.75, 3.05) is 18.1 Å². The molecule has 0 saturated carbocycles. The van der Waals surface area contributed by atoms with Crippen LogP contribution in [0.4, 0.5) is 5.69 Å². The highest BCUT2D eigenvalue weighted by atomic mass is 16.5. The average molecular weight is 279 g/mol. The third-order valence-electron chi connectivity index (χ3n) is 4.74. The Morgan fingerprint density at radius 2 is 1.76 bits per heavy atom. The van der Waals surface area contributed by atoms with E-state index in [2.05, 4.69) is 59.5 Å². The molecule has 0 bridgehead atoms. The summed E-state index contributed by atoms with van der Waals surface area (Å²) in [6.07, 6.45) is 3.80. The van der Waals surface area contributed by atoms with Crippen molar-refractivity contribution in [1.82, 2.24) is 0 Å². The van der Waals surface area contributed by atoms with Crippen LogP contribution >= 0.6 is 0 Å². The number of benzene rings is 2. The second kappa shape index (κ2) is 5.53. The molecule has 2 aliphatic rings. The van der Waals surface area contributed by atoms with Crippen molar-refractivity contribution >= 4 is 5.69 Å². The SMILES string of the molecule is c1ccc(N2CCc3ccccc3[C@@H]2C2CCCO2)cc1. The van der Waals surface area contributed by atoms with Crippen LogP contribution in [0.15, 0.2) is 54.6 Å². The van der Waals surface area contributed by atoms with Gasteiger partial charge in [0.15, 0.2) is 0 Å². The first-order valence-corrected chi connectivity index (χ1v) is 7.94. The average Bonchev–Trinajstić information content (AvgIpc) is 3.08. The third-order valence-corrected chi connectivity index (χ3v) is 4.74. The third kappa shape index (κ3) is 2.34. The number of fused-ring (bicyclic) bond motifs is 1. The number of nitrogens with zero attached hydrogens (tertiary/aromatic N) is 1. The fourth-order valence-electron chi connectivity index (χ4n) is 3.76. The predicted octanol–water partition coefficient (Wildman–Crippen LogP) is 3.97. The first kappa shape index (κ1) is 12.9. The summed E-state index contributed by atoms with van der Waals surface area (Å²) in [7, 11) is 0. The summed E-state index contributed by atoms with van der Waals surface area (Å²) < 4.78 is 6.06. The van der Waals surface area contributed by atoms with Gasteiger partial charge in [0.1, 0.15) is 0 Å². The normalized spacial score (nSPS) is 24.9. The first-order valence-electron chi connectivity index (χ1n) is 7.94. The summed E-state index contributed by atoms with van der Waals surface area (Å²) in [6, 6.07) is 20.0. The largest absolute Gasteiger partial charge is 0.376 e. The highest BCUT2D eigenvalue weighted by molar-refractivity contribution is 5.52. The summed E-state index contributed by atoms with van der Waals surface area (Å²) in [5.74, 6) is 0. The molecule has 1 saturated heterocycles. The molecule has 21 heavy (non-hydrogen) atoms. The van der Waals surface area contributed by atoms with Crippen LogP contribution in [0.5, 0.6) is 0 Å². The van der Waals surface area contributed by atoms with E-state index in [1.54, 1.807) is 0 Å². The molecule has 0 spiro atoms. The summed E-state index contributed by atoms with van der Waals surface area (Å²) in [4.78, 5) is 2.54. The van der Waals surface area contributed by atoms with E-state index in [4.69, 9.17) is 4.74 Å². The summed E-state index contributed by atoms with van der Waals surface area (Å²) in [5.41, 5.74) is 4.26. The van der Waals surface area contributed by atoms with Gasteiger partial charge in [-0.3, -0.25) is 0 Å². The maximum absolute atomic E-state index is 6.06. The van der Waals surface area contributed by atoms with Crippen LogP contribution < -0.4 is 4.90 Å². The predicted molar refractivity (Wildman–Crippen MR) is 85.6 cm³/mol. The Bertz CT molecular complexity index is 604. The maximum atomic E-state index is 6.06. The van der Waals surface area contributed by atoms with Crippen molar-refractivity contribution in [2.24, 2.45) is 0 Å². The second-order valence-corrected chi connectivity index (χ2v) is 5.97. The zero-order valence-corrected chi connectivity index (χ0v) is 12.2. The van der Waals surface area contributed by atoms with E-state index in [0.29, 0.717) is 12.1 Å². The lowest BCUT2D eigenvalue weighted by molar-refractivity contribution is 0.0854. The molecule has 0 amide bonds. The van der Waals surface area contributed by atoms with Crippen molar-refractivity contribution in [3.8, 4) is 0 Å². The van der Waals surface area contributed by atoms with E-state index in [9.17, 15) is 0 Å². The quantitative estimate of drug-likeness (QED) is 0.824.